The predicted molar refractivity (Wildman–Crippen MR) is 71.9 cm³/mol. The van der Waals surface area contributed by atoms with Crippen LogP contribution in [0.25, 0.3) is 0 Å². The van der Waals surface area contributed by atoms with Gasteiger partial charge in [0.1, 0.15) is 5.75 Å². The van der Waals surface area contributed by atoms with E-state index in [0.717, 1.165) is 16.7 Å². The molecule has 1 aromatic carbocycles. The van der Waals surface area contributed by atoms with Crippen LogP contribution in [0.2, 0.25) is 0 Å². The molecule has 1 aromatic heterocycles. The molecule has 1 heterocycles. The van der Waals surface area contributed by atoms with Crippen molar-refractivity contribution in [1.29, 1.82) is 0 Å². The Kier molecular flexibility index (Phi) is 3.77. The highest BCUT2D eigenvalue weighted by atomic mass is 32.2. The molecule has 94 valence electrons. The van der Waals surface area contributed by atoms with Gasteiger partial charge in [-0.15, -0.1) is 0 Å². The lowest BCUT2D eigenvalue weighted by atomic mass is 10.1. The van der Waals surface area contributed by atoms with Crippen LogP contribution in [-0.4, -0.2) is 14.3 Å². The molecule has 18 heavy (non-hydrogen) atoms. The van der Waals surface area contributed by atoms with E-state index in [2.05, 4.69) is 4.98 Å². The van der Waals surface area contributed by atoms with Gasteiger partial charge in [0.15, 0.2) is 5.03 Å². The lowest BCUT2D eigenvalue weighted by Crippen LogP contribution is -2.01. The summed E-state index contributed by atoms with van der Waals surface area (Å²) in [7, 11) is -1.33. The third-order valence-electron chi connectivity index (χ3n) is 2.76. The maximum absolute atomic E-state index is 12.2. The Morgan fingerprint density at radius 2 is 2.06 bits per heavy atom. The summed E-state index contributed by atoms with van der Waals surface area (Å²) in [5.74, 6) is 0.360. The van der Waals surface area contributed by atoms with Crippen molar-refractivity contribution in [2.45, 2.75) is 24.6 Å². The molecule has 1 N–H and O–H groups in total. The summed E-state index contributed by atoms with van der Waals surface area (Å²) in [6, 6.07) is 9.19. The average Bonchev–Trinajstić information content (AvgIpc) is 2.34. The van der Waals surface area contributed by atoms with E-state index in [1.165, 1.54) is 12.3 Å². The van der Waals surface area contributed by atoms with Gasteiger partial charge in [-0.25, -0.2) is 4.98 Å². The fourth-order valence-corrected chi connectivity index (χ4v) is 2.93. The molecule has 0 aliphatic heterocycles. The van der Waals surface area contributed by atoms with E-state index in [9.17, 15) is 9.32 Å². The Morgan fingerprint density at radius 1 is 1.28 bits per heavy atom. The molecule has 0 saturated heterocycles. The van der Waals surface area contributed by atoms with E-state index < -0.39 is 10.8 Å². The van der Waals surface area contributed by atoms with Gasteiger partial charge >= 0.3 is 0 Å². The van der Waals surface area contributed by atoms with Crippen LogP contribution in [0, 0.1) is 13.8 Å². The van der Waals surface area contributed by atoms with Gasteiger partial charge in [0, 0.05) is 6.20 Å². The topological polar surface area (TPSA) is 50.2 Å². The number of aryl methyl sites for hydroxylation is 2. The molecule has 4 heteroatoms. The summed E-state index contributed by atoms with van der Waals surface area (Å²) < 4.78 is 12.2. The first-order valence-electron chi connectivity index (χ1n) is 5.66. The number of benzene rings is 1. The van der Waals surface area contributed by atoms with Crippen LogP contribution < -0.4 is 0 Å². The monoisotopic (exact) mass is 261 g/mol. The molecule has 0 aliphatic carbocycles. The van der Waals surface area contributed by atoms with E-state index in [4.69, 9.17) is 0 Å². The van der Waals surface area contributed by atoms with Crippen molar-refractivity contribution in [2.75, 3.05) is 0 Å². The Bertz CT molecular complexity index is 596. The molecule has 0 saturated carbocycles. The normalized spacial score (nSPS) is 12.3. The Balaban J connectivity index is 2.27. The molecule has 0 fully saturated rings. The SMILES string of the molecule is Cc1ccc(C)c(CS(=O)c2ncccc2O)c1. The second-order valence-corrected chi connectivity index (χ2v) is 5.61. The molecule has 0 amide bonds. The third kappa shape index (κ3) is 2.76. The van der Waals surface area contributed by atoms with E-state index in [-0.39, 0.29) is 10.8 Å². The fraction of sp³-hybridized carbons (Fsp3) is 0.214. The number of hydrogen-bond acceptors (Lipinski definition) is 3. The number of nitrogens with zero attached hydrogens (tertiary/aromatic N) is 1. The highest BCUT2D eigenvalue weighted by molar-refractivity contribution is 7.84. The summed E-state index contributed by atoms with van der Waals surface area (Å²) >= 11 is 0. The van der Waals surface area contributed by atoms with Crippen LogP contribution in [0.15, 0.2) is 41.6 Å². The lowest BCUT2D eigenvalue weighted by Gasteiger charge is -2.07. The van der Waals surface area contributed by atoms with Crippen LogP contribution >= 0.6 is 0 Å². The smallest absolute Gasteiger partial charge is 0.169 e. The van der Waals surface area contributed by atoms with E-state index in [0.29, 0.717) is 5.75 Å². The largest absolute Gasteiger partial charge is 0.505 e. The first kappa shape index (κ1) is 12.8. The van der Waals surface area contributed by atoms with Gasteiger partial charge in [0.25, 0.3) is 0 Å². The van der Waals surface area contributed by atoms with Crippen molar-refractivity contribution in [1.82, 2.24) is 4.98 Å². The Labute approximate surface area is 109 Å². The summed E-state index contributed by atoms with van der Waals surface area (Å²) in [5, 5.41) is 9.88. The van der Waals surface area contributed by atoms with E-state index in [1.54, 1.807) is 6.07 Å². The first-order chi connectivity index (χ1) is 8.58. The van der Waals surface area contributed by atoms with Gasteiger partial charge in [-0.05, 0) is 37.1 Å². The maximum atomic E-state index is 12.2. The first-order valence-corrected chi connectivity index (χ1v) is 6.98. The fourth-order valence-electron chi connectivity index (χ4n) is 1.72. The number of aromatic hydroxyl groups is 1. The number of hydrogen-bond donors (Lipinski definition) is 1. The van der Waals surface area contributed by atoms with Crippen molar-refractivity contribution in [2.24, 2.45) is 0 Å². The van der Waals surface area contributed by atoms with Crippen molar-refractivity contribution in [3.8, 4) is 5.75 Å². The Morgan fingerprint density at radius 3 is 2.78 bits per heavy atom. The summed E-state index contributed by atoms with van der Waals surface area (Å²) in [5.41, 5.74) is 3.26. The minimum atomic E-state index is -1.33. The maximum Gasteiger partial charge on any atom is 0.169 e. The molecule has 3 nitrogen and oxygen atoms in total. The minimum Gasteiger partial charge on any atom is -0.505 e. The van der Waals surface area contributed by atoms with Gasteiger partial charge < -0.3 is 5.11 Å². The summed E-state index contributed by atoms with van der Waals surface area (Å²) in [6.07, 6.45) is 1.54. The zero-order valence-corrected chi connectivity index (χ0v) is 11.2. The highest BCUT2D eigenvalue weighted by Crippen LogP contribution is 2.21. The molecule has 0 aliphatic rings. The number of aromatic nitrogens is 1. The minimum absolute atomic E-state index is 0.0128. The molecular weight excluding hydrogens is 246 g/mol. The lowest BCUT2D eigenvalue weighted by molar-refractivity contribution is 0.455. The molecule has 2 rings (SSSR count). The average molecular weight is 261 g/mol. The highest BCUT2D eigenvalue weighted by Gasteiger charge is 2.12. The second-order valence-electron chi connectivity index (χ2n) is 4.25. The van der Waals surface area contributed by atoms with Crippen LogP contribution in [0.3, 0.4) is 0 Å². The summed E-state index contributed by atoms with van der Waals surface area (Å²) in [4.78, 5) is 3.98. The van der Waals surface area contributed by atoms with Crippen molar-refractivity contribution in [3.63, 3.8) is 0 Å². The number of pyridine rings is 1. The van der Waals surface area contributed by atoms with Crippen LogP contribution in [0.4, 0.5) is 0 Å². The van der Waals surface area contributed by atoms with Crippen LogP contribution in [-0.2, 0) is 16.6 Å². The molecule has 1 atom stereocenters. The number of rotatable bonds is 3. The zero-order chi connectivity index (χ0) is 13.1. The van der Waals surface area contributed by atoms with Crippen molar-refractivity contribution >= 4 is 10.8 Å². The molecule has 1 unspecified atom stereocenters. The van der Waals surface area contributed by atoms with E-state index >= 15 is 0 Å². The standard InChI is InChI=1S/C14H15NO2S/c1-10-5-6-11(2)12(8-10)9-18(17)14-13(16)4-3-7-15-14/h3-8,16H,9H2,1-2H3. The van der Waals surface area contributed by atoms with Gasteiger partial charge in [-0.3, -0.25) is 4.21 Å². The van der Waals surface area contributed by atoms with E-state index in [1.807, 2.05) is 32.0 Å². The second kappa shape index (κ2) is 5.31. The van der Waals surface area contributed by atoms with Crippen LogP contribution in [0.5, 0.6) is 5.75 Å². The zero-order valence-electron chi connectivity index (χ0n) is 10.4. The molecule has 0 bridgehead atoms. The van der Waals surface area contributed by atoms with Gasteiger partial charge in [0.05, 0.1) is 16.6 Å². The predicted octanol–water partition coefficient (Wildman–Crippen LogP) is 2.71. The van der Waals surface area contributed by atoms with Crippen molar-refractivity contribution < 1.29 is 9.32 Å². The van der Waals surface area contributed by atoms with Crippen LogP contribution in [0.1, 0.15) is 16.7 Å². The molecule has 0 spiro atoms. The Hall–Kier alpha value is -1.68. The molecular formula is C14H15NO2S. The quantitative estimate of drug-likeness (QED) is 0.924. The van der Waals surface area contributed by atoms with Crippen molar-refractivity contribution in [3.05, 3.63) is 53.2 Å². The van der Waals surface area contributed by atoms with Gasteiger partial charge in [-0.2, -0.15) is 0 Å². The van der Waals surface area contributed by atoms with Gasteiger partial charge in [0.2, 0.25) is 0 Å². The molecule has 0 radical (unpaired) electrons. The third-order valence-corrected chi connectivity index (χ3v) is 4.08. The summed E-state index contributed by atoms with van der Waals surface area (Å²) in [6.45, 7) is 3.99. The van der Waals surface area contributed by atoms with Gasteiger partial charge in [-0.1, -0.05) is 23.8 Å². The molecule has 2 aromatic rings.